The average Bonchev–Trinajstić information content (AvgIpc) is 3.07. The predicted molar refractivity (Wildman–Crippen MR) is 132 cm³/mol. The highest BCUT2D eigenvalue weighted by Crippen LogP contribution is 2.34. The van der Waals surface area contributed by atoms with Crippen LogP contribution >= 0.6 is 0 Å². The van der Waals surface area contributed by atoms with Crippen molar-refractivity contribution in [3.8, 4) is 0 Å². The number of hydrogen-bond acceptors (Lipinski definition) is 1. The summed E-state index contributed by atoms with van der Waals surface area (Å²) < 4.78 is 2.45. The van der Waals surface area contributed by atoms with Crippen LogP contribution in [0.2, 0.25) is 0 Å². The Morgan fingerprint density at radius 3 is 2.00 bits per heavy atom. The van der Waals surface area contributed by atoms with Gasteiger partial charge in [0.2, 0.25) is 0 Å². The summed E-state index contributed by atoms with van der Waals surface area (Å²) in [6.07, 6.45) is 22.5. The molecule has 0 aliphatic carbocycles. The molecule has 1 aliphatic heterocycles. The zero-order valence-corrected chi connectivity index (χ0v) is 19.9. The van der Waals surface area contributed by atoms with E-state index in [1.54, 1.807) is 11.3 Å². The first-order valence-corrected chi connectivity index (χ1v) is 13.1. The molecule has 0 saturated carbocycles. The molecular weight excluding hydrogens is 364 g/mol. The van der Waals surface area contributed by atoms with Gasteiger partial charge in [0.05, 0.1) is 0 Å². The minimum absolute atomic E-state index is 0.545. The van der Waals surface area contributed by atoms with Crippen LogP contribution in [0, 0.1) is 0 Å². The predicted octanol–water partition coefficient (Wildman–Crippen LogP) is 8.24. The van der Waals surface area contributed by atoms with Gasteiger partial charge in [-0.05, 0) is 31.0 Å². The Morgan fingerprint density at radius 2 is 1.37 bits per heavy atom. The third-order valence-corrected chi connectivity index (χ3v) is 7.20. The Balaban J connectivity index is 1.25. The molecule has 0 saturated heterocycles. The lowest BCUT2D eigenvalue weighted by atomic mass is 9.95. The second kappa shape index (κ2) is 13.2. The first-order chi connectivity index (χ1) is 14.8. The molecule has 1 unspecified atom stereocenters. The highest BCUT2D eigenvalue weighted by molar-refractivity contribution is 5.86. The second-order valence-corrected chi connectivity index (χ2v) is 9.58. The number of nitrogens with one attached hydrogen (secondary N) is 1. The van der Waals surface area contributed by atoms with Crippen LogP contribution in [0.3, 0.4) is 0 Å². The van der Waals surface area contributed by atoms with Gasteiger partial charge in [0, 0.05) is 29.7 Å². The summed E-state index contributed by atoms with van der Waals surface area (Å²) in [6, 6.07) is 9.49. The van der Waals surface area contributed by atoms with Gasteiger partial charge in [0.1, 0.15) is 0 Å². The first-order valence-electron chi connectivity index (χ1n) is 13.1. The normalized spacial score (nSPS) is 16.3. The van der Waals surface area contributed by atoms with Crippen molar-refractivity contribution in [1.82, 2.24) is 9.88 Å². The lowest BCUT2D eigenvalue weighted by molar-refractivity contribution is 0.431. The topological polar surface area (TPSA) is 17.0 Å². The van der Waals surface area contributed by atoms with Crippen LogP contribution in [0.5, 0.6) is 0 Å². The summed E-state index contributed by atoms with van der Waals surface area (Å²) in [6.45, 7) is 3.43. The van der Waals surface area contributed by atoms with E-state index in [-0.39, 0.29) is 0 Å². The molecule has 168 valence electrons. The van der Waals surface area contributed by atoms with Gasteiger partial charge in [-0.15, -0.1) is 0 Å². The van der Waals surface area contributed by atoms with Crippen LogP contribution in [-0.4, -0.2) is 11.1 Å². The van der Waals surface area contributed by atoms with Gasteiger partial charge in [0.15, 0.2) is 0 Å². The highest BCUT2D eigenvalue weighted by atomic mass is 15.0. The number of unbranched alkanes of at least 4 members (excludes halogenated alkanes) is 13. The zero-order valence-electron chi connectivity index (χ0n) is 19.9. The molecule has 2 nitrogen and oxygen atoms in total. The molecule has 2 heteroatoms. The van der Waals surface area contributed by atoms with E-state index in [2.05, 4.69) is 48.1 Å². The number of aryl methyl sites for hydroxylation is 1. The standard InChI is InChI=1S/C28H46N2/c1-3-4-5-6-7-8-9-10-11-12-13-14-15-16-20-26-28-25(22-23-29-26)24-19-17-18-21-27(24)30(28)2/h17-19,21,26,29H,3-16,20,22-23H2,1-2H3. The van der Waals surface area contributed by atoms with Gasteiger partial charge in [0.25, 0.3) is 0 Å². The largest absolute Gasteiger partial charge is 0.346 e. The Hall–Kier alpha value is -1.28. The van der Waals surface area contributed by atoms with E-state index in [4.69, 9.17) is 0 Å². The fourth-order valence-corrected chi connectivity index (χ4v) is 5.45. The fraction of sp³-hybridized carbons (Fsp3) is 0.714. The van der Waals surface area contributed by atoms with Gasteiger partial charge >= 0.3 is 0 Å². The van der Waals surface area contributed by atoms with E-state index in [9.17, 15) is 0 Å². The molecule has 0 fully saturated rings. The molecule has 1 aromatic heterocycles. The van der Waals surface area contributed by atoms with Crippen molar-refractivity contribution in [2.24, 2.45) is 7.05 Å². The van der Waals surface area contributed by atoms with Crippen molar-refractivity contribution >= 4 is 10.9 Å². The number of para-hydroxylation sites is 1. The third-order valence-electron chi connectivity index (χ3n) is 7.20. The van der Waals surface area contributed by atoms with Crippen molar-refractivity contribution in [2.45, 2.75) is 116 Å². The molecule has 0 spiro atoms. The number of rotatable bonds is 15. The lowest BCUT2D eigenvalue weighted by Crippen LogP contribution is -2.30. The van der Waals surface area contributed by atoms with Crippen molar-refractivity contribution in [3.05, 3.63) is 35.5 Å². The molecule has 2 aromatic rings. The molecule has 1 atom stereocenters. The maximum Gasteiger partial charge on any atom is 0.0483 e. The summed E-state index contributed by atoms with van der Waals surface area (Å²) in [7, 11) is 2.26. The molecule has 0 bridgehead atoms. The molecule has 1 N–H and O–H groups in total. The first kappa shape index (κ1) is 23.4. The van der Waals surface area contributed by atoms with Gasteiger partial charge < -0.3 is 9.88 Å². The molecular formula is C28H46N2. The molecule has 1 aromatic carbocycles. The summed E-state index contributed by atoms with van der Waals surface area (Å²) in [5.41, 5.74) is 4.55. The van der Waals surface area contributed by atoms with Crippen LogP contribution in [-0.2, 0) is 13.5 Å². The number of nitrogens with zero attached hydrogens (tertiary/aromatic N) is 1. The smallest absolute Gasteiger partial charge is 0.0483 e. The summed E-state index contributed by atoms with van der Waals surface area (Å²) >= 11 is 0. The Morgan fingerprint density at radius 1 is 0.800 bits per heavy atom. The Bertz CT molecular complexity index is 730. The van der Waals surface area contributed by atoms with Crippen molar-refractivity contribution in [3.63, 3.8) is 0 Å². The Labute approximate surface area is 185 Å². The number of fused-ring (bicyclic) bond motifs is 3. The van der Waals surface area contributed by atoms with E-state index in [1.807, 2.05) is 0 Å². The van der Waals surface area contributed by atoms with Gasteiger partial charge in [-0.25, -0.2) is 0 Å². The van der Waals surface area contributed by atoms with Crippen molar-refractivity contribution in [2.75, 3.05) is 6.54 Å². The zero-order chi connectivity index (χ0) is 21.0. The summed E-state index contributed by atoms with van der Waals surface area (Å²) in [4.78, 5) is 0. The van der Waals surface area contributed by atoms with E-state index in [1.165, 1.54) is 114 Å². The van der Waals surface area contributed by atoms with Gasteiger partial charge in [-0.2, -0.15) is 0 Å². The van der Waals surface area contributed by atoms with Crippen LogP contribution in [0.25, 0.3) is 10.9 Å². The van der Waals surface area contributed by atoms with Crippen LogP contribution in [0.4, 0.5) is 0 Å². The third kappa shape index (κ3) is 6.61. The number of aromatic nitrogens is 1. The van der Waals surface area contributed by atoms with E-state index in [0.717, 1.165) is 6.54 Å². The molecule has 1 aliphatic rings. The van der Waals surface area contributed by atoms with E-state index in [0.29, 0.717) is 6.04 Å². The SMILES string of the molecule is CCCCCCCCCCCCCCCCC1NCCc2c1n(C)c1ccccc21. The quantitative estimate of drug-likeness (QED) is 0.292. The molecule has 0 amide bonds. The monoisotopic (exact) mass is 410 g/mol. The van der Waals surface area contributed by atoms with E-state index >= 15 is 0 Å². The van der Waals surface area contributed by atoms with E-state index < -0.39 is 0 Å². The Kier molecular flexibility index (Phi) is 10.3. The minimum Gasteiger partial charge on any atom is -0.346 e. The molecule has 30 heavy (non-hydrogen) atoms. The second-order valence-electron chi connectivity index (χ2n) is 9.58. The maximum atomic E-state index is 3.80. The fourth-order valence-electron chi connectivity index (χ4n) is 5.45. The average molecular weight is 411 g/mol. The van der Waals surface area contributed by atoms with Crippen LogP contribution in [0.1, 0.15) is 121 Å². The molecule has 0 radical (unpaired) electrons. The number of hydrogen-bond donors (Lipinski definition) is 1. The van der Waals surface area contributed by atoms with Gasteiger partial charge in [-0.1, -0.05) is 115 Å². The summed E-state index contributed by atoms with van der Waals surface area (Å²) in [5, 5.41) is 5.28. The molecule has 3 rings (SSSR count). The van der Waals surface area contributed by atoms with Crippen LogP contribution in [0.15, 0.2) is 24.3 Å². The highest BCUT2D eigenvalue weighted by Gasteiger charge is 2.25. The van der Waals surface area contributed by atoms with Gasteiger partial charge in [-0.3, -0.25) is 0 Å². The van der Waals surface area contributed by atoms with Crippen molar-refractivity contribution < 1.29 is 0 Å². The molecule has 2 heterocycles. The summed E-state index contributed by atoms with van der Waals surface area (Å²) in [5.74, 6) is 0. The van der Waals surface area contributed by atoms with Crippen LogP contribution < -0.4 is 5.32 Å². The minimum atomic E-state index is 0.545. The lowest BCUT2D eigenvalue weighted by Gasteiger charge is -2.26. The number of benzene rings is 1. The maximum absolute atomic E-state index is 3.80. The van der Waals surface area contributed by atoms with Crippen molar-refractivity contribution in [1.29, 1.82) is 0 Å².